The van der Waals surface area contributed by atoms with E-state index >= 15 is 0 Å². The van der Waals surface area contributed by atoms with E-state index in [4.69, 9.17) is 0 Å². The number of rotatable bonds is 4. The summed E-state index contributed by atoms with van der Waals surface area (Å²) in [6, 6.07) is 0. The van der Waals surface area contributed by atoms with Crippen molar-refractivity contribution >= 4 is 28.3 Å². The second-order valence-electron chi connectivity index (χ2n) is 1.72. The average Bonchev–Trinajstić information content (AvgIpc) is 1.83. The van der Waals surface area contributed by atoms with E-state index in [-0.39, 0.29) is 12.4 Å². The van der Waals surface area contributed by atoms with Crippen molar-refractivity contribution in [3.8, 4) is 0 Å². The maximum Gasteiger partial charge on any atom is 0.0159 e. The molecule has 0 heterocycles. The molecule has 0 aromatic rings. The first-order chi connectivity index (χ1) is 3.85. The lowest BCUT2D eigenvalue weighted by molar-refractivity contribution is 0.324. The van der Waals surface area contributed by atoms with Gasteiger partial charge in [-0.1, -0.05) is 29.8 Å². The molecule has 0 saturated carbocycles. The van der Waals surface area contributed by atoms with Crippen LogP contribution in [-0.2, 0) is 0 Å². The van der Waals surface area contributed by atoms with Crippen molar-refractivity contribution < 1.29 is 0 Å². The highest BCUT2D eigenvalue weighted by molar-refractivity contribution is 9.09. The van der Waals surface area contributed by atoms with Crippen molar-refractivity contribution in [2.45, 2.75) is 13.8 Å². The first-order valence-electron chi connectivity index (χ1n) is 3.13. The van der Waals surface area contributed by atoms with Gasteiger partial charge in [0, 0.05) is 11.9 Å². The first-order valence-corrected chi connectivity index (χ1v) is 4.25. The molecular weight excluding hydrogens is 201 g/mol. The lowest BCUT2D eigenvalue weighted by Crippen LogP contribution is -2.24. The molecule has 0 N–H and O–H groups in total. The summed E-state index contributed by atoms with van der Waals surface area (Å²) in [5.41, 5.74) is 0. The highest BCUT2D eigenvalue weighted by Gasteiger charge is 1.93. The van der Waals surface area contributed by atoms with Crippen molar-refractivity contribution in [3.05, 3.63) is 0 Å². The molecule has 0 fully saturated rings. The third kappa shape index (κ3) is 6.62. The molecule has 0 rings (SSSR count). The molecule has 0 amide bonds. The highest BCUT2D eigenvalue weighted by atomic mass is 79.9. The van der Waals surface area contributed by atoms with Crippen molar-refractivity contribution in [1.82, 2.24) is 4.90 Å². The van der Waals surface area contributed by atoms with Gasteiger partial charge in [0.15, 0.2) is 0 Å². The van der Waals surface area contributed by atoms with Gasteiger partial charge in [0.25, 0.3) is 0 Å². The fourth-order valence-corrected chi connectivity index (χ4v) is 1.16. The molecule has 0 saturated heterocycles. The van der Waals surface area contributed by atoms with Gasteiger partial charge in [0.05, 0.1) is 0 Å². The zero-order valence-corrected chi connectivity index (χ0v) is 8.46. The van der Waals surface area contributed by atoms with Gasteiger partial charge >= 0.3 is 0 Å². The van der Waals surface area contributed by atoms with Crippen LogP contribution in [0.15, 0.2) is 0 Å². The molecule has 0 spiro atoms. The minimum atomic E-state index is 0. The summed E-state index contributed by atoms with van der Waals surface area (Å²) in [5.74, 6) is 0. The molecule has 0 aromatic carbocycles. The number of hydrogen-bond acceptors (Lipinski definition) is 1. The van der Waals surface area contributed by atoms with E-state index in [1.54, 1.807) is 0 Å². The molecule has 0 aromatic heterocycles. The topological polar surface area (TPSA) is 3.24 Å². The summed E-state index contributed by atoms with van der Waals surface area (Å²) in [7, 11) is 0. The predicted molar refractivity (Wildman–Crippen MR) is 48.8 cm³/mol. The minimum Gasteiger partial charge on any atom is -0.303 e. The Morgan fingerprint density at radius 1 is 1.22 bits per heavy atom. The lowest BCUT2D eigenvalue weighted by Gasteiger charge is -2.15. The van der Waals surface area contributed by atoms with Gasteiger partial charge < -0.3 is 4.90 Å². The summed E-state index contributed by atoms with van der Waals surface area (Å²) >= 11 is 3.39. The van der Waals surface area contributed by atoms with Crippen LogP contribution in [0.5, 0.6) is 0 Å². The Hall–Kier alpha value is 0.730. The van der Waals surface area contributed by atoms with E-state index in [1.807, 2.05) is 0 Å². The molecule has 58 valence electrons. The molecule has 0 radical (unpaired) electrons. The third-order valence-electron chi connectivity index (χ3n) is 1.30. The number of halogens is 2. The van der Waals surface area contributed by atoms with Crippen LogP contribution in [0.2, 0.25) is 0 Å². The van der Waals surface area contributed by atoms with Crippen LogP contribution in [0, 0.1) is 0 Å². The average molecular weight is 217 g/mol. The molecule has 0 aliphatic heterocycles. The van der Waals surface area contributed by atoms with Gasteiger partial charge in [0.2, 0.25) is 0 Å². The van der Waals surface area contributed by atoms with Crippen LogP contribution in [0.3, 0.4) is 0 Å². The normalized spacial score (nSPS) is 9.33. The molecule has 3 heteroatoms. The smallest absolute Gasteiger partial charge is 0.0159 e. The second-order valence-corrected chi connectivity index (χ2v) is 2.51. The number of nitrogens with zero attached hydrogens (tertiary/aromatic N) is 1. The molecule has 0 aliphatic carbocycles. The van der Waals surface area contributed by atoms with Crippen LogP contribution in [0.4, 0.5) is 0 Å². The summed E-state index contributed by atoms with van der Waals surface area (Å²) < 4.78 is 0. The van der Waals surface area contributed by atoms with Crippen molar-refractivity contribution in [3.63, 3.8) is 0 Å². The van der Waals surface area contributed by atoms with Gasteiger partial charge in [-0.3, -0.25) is 0 Å². The zero-order valence-electron chi connectivity index (χ0n) is 6.06. The van der Waals surface area contributed by atoms with Crippen LogP contribution in [0.1, 0.15) is 13.8 Å². The van der Waals surface area contributed by atoms with Gasteiger partial charge in [-0.15, -0.1) is 12.4 Å². The fraction of sp³-hybridized carbons (Fsp3) is 1.00. The van der Waals surface area contributed by atoms with E-state index < -0.39 is 0 Å². The number of hydrogen-bond donors (Lipinski definition) is 0. The van der Waals surface area contributed by atoms with E-state index in [9.17, 15) is 0 Å². The molecular formula is C6H15BrClN. The molecule has 1 nitrogen and oxygen atoms in total. The predicted octanol–water partition coefficient (Wildman–Crippen LogP) is 2.14. The van der Waals surface area contributed by atoms with E-state index in [1.165, 1.54) is 19.6 Å². The number of alkyl halides is 1. The van der Waals surface area contributed by atoms with Crippen LogP contribution < -0.4 is 0 Å². The SMILES string of the molecule is CCN(CC)CCBr.Cl. The Balaban J connectivity index is 0. The second kappa shape index (κ2) is 8.73. The Bertz CT molecular complexity index is 48.3. The summed E-state index contributed by atoms with van der Waals surface area (Å²) in [4.78, 5) is 2.38. The van der Waals surface area contributed by atoms with E-state index in [0.717, 1.165) is 5.33 Å². The minimum absolute atomic E-state index is 0. The maximum atomic E-state index is 3.39. The van der Waals surface area contributed by atoms with Gasteiger partial charge in [0.1, 0.15) is 0 Å². The Morgan fingerprint density at radius 2 is 1.67 bits per heavy atom. The first kappa shape index (κ1) is 12.4. The van der Waals surface area contributed by atoms with Crippen LogP contribution >= 0.6 is 28.3 Å². The summed E-state index contributed by atoms with van der Waals surface area (Å²) in [6.45, 7) is 7.88. The van der Waals surface area contributed by atoms with Crippen LogP contribution in [-0.4, -0.2) is 29.9 Å². The fourth-order valence-electron chi connectivity index (χ4n) is 0.659. The molecule has 0 aliphatic rings. The Morgan fingerprint density at radius 3 is 1.78 bits per heavy atom. The molecule has 0 atom stereocenters. The molecule has 0 bridgehead atoms. The maximum absolute atomic E-state index is 3.39. The van der Waals surface area contributed by atoms with Crippen LogP contribution in [0.25, 0.3) is 0 Å². The van der Waals surface area contributed by atoms with Crippen molar-refractivity contribution in [2.24, 2.45) is 0 Å². The standard InChI is InChI=1S/C6H14BrN.ClH/c1-3-8(4-2)6-5-7;/h3-6H2,1-2H3;1H. The van der Waals surface area contributed by atoms with Gasteiger partial charge in [-0.2, -0.15) is 0 Å². The summed E-state index contributed by atoms with van der Waals surface area (Å²) in [5, 5.41) is 1.09. The van der Waals surface area contributed by atoms with E-state index in [2.05, 4.69) is 34.7 Å². The molecule has 0 unspecified atom stereocenters. The highest BCUT2D eigenvalue weighted by Crippen LogP contribution is 1.88. The van der Waals surface area contributed by atoms with Crippen molar-refractivity contribution in [2.75, 3.05) is 25.0 Å². The molecule has 9 heavy (non-hydrogen) atoms. The Kier molecular flexibility index (Phi) is 12.0. The monoisotopic (exact) mass is 215 g/mol. The summed E-state index contributed by atoms with van der Waals surface area (Å²) in [6.07, 6.45) is 0. The van der Waals surface area contributed by atoms with Crippen molar-refractivity contribution in [1.29, 1.82) is 0 Å². The zero-order chi connectivity index (χ0) is 6.41. The van der Waals surface area contributed by atoms with Gasteiger partial charge in [-0.25, -0.2) is 0 Å². The third-order valence-corrected chi connectivity index (χ3v) is 1.65. The quantitative estimate of drug-likeness (QED) is 0.651. The lowest BCUT2D eigenvalue weighted by atomic mass is 10.5. The Labute approximate surface area is 72.3 Å². The van der Waals surface area contributed by atoms with Gasteiger partial charge in [-0.05, 0) is 13.1 Å². The van der Waals surface area contributed by atoms with E-state index in [0.29, 0.717) is 0 Å². The largest absolute Gasteiger partial charge is 0.303 e.